The molecule has 3 atom stereocenters. The monoisotopic (exact) mass is 572 g/mol. The van der Waals surface area contributed by atoms with Crippen LogP contribution in [-0.2, 0) is 42.0 Å². The molecular formula is C31H40O8S. The zero-order valence-electron chi connectivity index (χ0n) is 24.1. The maximum absolute atomic E-state index is 13.3. The van der Waals surface area contributed by atoms with Gasteiger partial charge in [0.15, 0.2) is 6.29 Å². The highest BCUT2D eigenvalue weighted by molar-refractivity contribution is 7.87. The summed E-state index contributed by atoms with van der Waals surface area (Å²) in [4.78, 5) is 12.5. The lowest BCUT2D eigenvalue weighted by Gasteiger charge is -2.33. The predicted octanol–water partition coefficient (Wildman–Crippen LogP) is 5.64. The van der Waals surface area contributed by atoms with Crippen molar-refractivity contribution in [2.24, 2.45) is 0 Å². The third-order valence-electron chi connectivity index (χ3n) is 8.03. The van der Waals surface area contributed by atoms with Crippen LogP contribution >= 0.6 is 0 Å². The number of ether oxygens (including phenoxy) is 4. The number of esters is 1. The molecule has 3 heterocycles. The highest BCUT2D eigenvalue weighted by Gasteiger charge is 2.38. The first-order chi connectivity index (χ1) is 18.9. The van der Waals surface area contributed by atoms with Gasteiger partial charge in [0, 0.05) is 36.1 Å². The Balaban J connectivity index is 1.39. The van der Waals surface area contributed by atoms with Gasteiger partial charge in [0.2, 0.25) is 0 Å². The fourth-order valence-corrected chi connectivity index (χ4v) is 6.94. The molecule has 3 aliphatic rings. The number of aryl methyl sites for hydroxylation is 1. The van der Waals surface area contributed by atoms with E-state index in [2.05, 4.69) is 0 Å². The fraction of sp³-hybridized carbons (Fsp3) is 0.581. The van der Waals surface area contributed by atoms with E-state index in [-0.39, 0.29) is 35.8 Å². The second-order valence-corrected chi connectivity index (χ2v) is 13.4. The van der Waals surface area contributed by atoms with Gasteiger partial charge in [-0.3, -0.25) is 4.79 Å². The van der Waals surface area contributed by atoms with Crippen LogP contribution in [0, 0.1) is 20.8 Å². The van der Waals surface area contributed by atoms with Crippen LogP contribution in [0.3, 0.4) is 0 Å². The van der Waals surface area contributed by atoms with Gasteiger partial charge in [-0.2, -0.15) is 8.42 Å². The second-order valence-electron chi connectivity index (χ2n) is 11.9. The summed E-state index contributed by atoms with van der Waals surface area (Å²) in [6.07, 6.45) is 4.66. The number of benzene rings is 2. The van der Waals surface area contributed by atoms with E-state index in [4.69, 9.17) is 23.1 Å². The average molecular weight is 573 g/mol. The summed E-state index contributed by atoms with van der Waals surface area (Å²) < 4.78 is 56.3. The molecule has 0 N–H and O–H groups in total. The molecule has 9 heteroatoms. The number of rotatable bonds is 8. The molecule has 0 aromatic heterocycles. The summed E-state index contributed by atoms with van der Waals surface area (Å²) in [6.45, 7) is 10.4. The van der Waals surface area contributed by atoms with E-state index < -0.39 is 15.7 Å². The number of carbonyl (C=O) groups is 1. The molecule has 8 nitrogen and oxygen atoms in total. The number of carbonyl (C=O) groups excluding carboxylic acids is 1. The van der Waals surface area contributed by atoms with Crippen LogP contribution in [0.4, 0.5) is 0 Å². The third-order valence-corrected chi connectivity index (χ3v) is 9.27. The topological polar surface area (TPSA) is 97.4 Å². The number of fused-ring (bicyclic) bond motifs is 1. The van der Waals surface area contributed by atoms with Gasteiger partial charge >= 0.3 is 16.1 Å². The van der Waals surface area contributed by atoms with Gasteiger partial charge in [-0.05, 0) is 84.4 Å². The smallest absolute Gasteiger partial charge is 0.339 e. The van der Waals surface area contributed by atoms with Crippen LogP contribution in [0.25, 0.3) is 0 Å². The van der Waals surface area contributed by atoms with Crippen LogP contribution in [-0.4, -0.2) is 45.1 Å². The summed E-state index contributed by atoms with van der Waals surface area (Å²) in [5, 5.41) is 0. The minimum absolute atomic E-state index is 0.109. The minimum atomic E-state index is -4.04. The van der Waals surface area contributed by atoms with Crippen LogP contribution in [0.5, 0.6) is 11.5 Å². The van der Waals surface area contributed by atoms with Gasteiger partial charge in [0.05, 0.1) is 12.5 Å². The van der Waals surface area contributed by atoms with Crippen LogP contribution in [0.15, 0.2) is 29.2 Å². The van der Waals surface area contributed by atoms with E-state index in [1.54, 1.807) is 24.3 Å². The Hall–Kier alpha value is -2.62. The molecule has 1 unspecified atom stereocenters. The zero-order valence-corrected chi connectivity index (χ0v) is 24.9. The molecular weight excluding hydrogens is 532 g/mol. The molecule has 2 saturated heterocycles. The molecule has 40 heavy (non-hydrogen) atoms. The van der Waals surface area contributed by atoms with E-state index >= 15 is 0 Å². The molecule has 3 aliphatic heterocycles. The van der Waals surface area contributed by atoms with Crippen molar-refractivity contribution in [3.8, 4) is 11.5 Å². The van der Waals surface area contributed by atoms with Crippen molar-refractivity contribution in [3.63, 3.8) is 0 Å². The summed E-state index contributed by atoms with van der Waals surface area (Å²) in [6, 6.07) is 6.63. The minimum Gasteiger partial charge on any atom is -0.487 e. The predicted molar refractivity (Wildman–Crippen MR) is 149 cm³/mol. The summed E-state index contributed by atoms with van der Waals surface area (Å²) in [5.74, 6) is 0.853. The fourth-order valence-electron chi connectivity index (χ4n) is 5.90. The highest BCUT2D eigenvalue weighted by Crippen LogP contribution is 2.47. The average Bonchev–Trinajstić information content (AvgIpc) is 3.22. The SMILES string of the molecule is Cc1ccc(S(=O)(=O)Oc2c(C)c(CC[C@@H]3C[C@@H](OC4CCCCO4)CC(=O)O3)c3c(c2C)CC(C)(C)O3)cc1. The van der Waals surface area contributed by atoms with Crippen molar-refractivity contribution < 1.29 is 36.3 Å². The van der Waals surface area contributed by atoms with Crippen molar-refractivity contribution in [1.82, 2.24) is 0 Å². The maximum Gasteiger partial charge on any atom is 0.339 e. The number of hydrogen-bond acceptors (Lipinski definition) is 8. The Labute approximate surface area is 237 Å². The Kier molecular flexibility index (Phi) is 8.19. The van der Waals surface area contributed by atoms with Crippen LogP contribution in [0.2, 0.25) is 0 Å². The van der Waals surface area contributed by atoms with E-state index in [9.17, 15) is 13.2 Å². The molecule has 0 bridgehead atoms. The zero-order chi connectivity index (χ0) is 28.7. The van der Waals surface area contributed by atoms with E-state index in [1.165, 1.54) is 0 Å². The van der Waals surface area contributed by atoms with Gasteiger partial charge < -0.3 is 23.1 Å². The van der Waals surface area contributed by atoms with Gasteiger partial charge in [0.25, 0.3) is 0 Å². The van der Waals surface area contributed by atoms with Gasteiger partial charge in [-0.25, -0.2) is 0 Å². The maximum atomic E-state index is 13.3. The van der Waals surface area contributed by atoms with E-state index in [1.807, 2.05) is 34.6 Å². The molecule has 0 radical (unpaired) electrons. The second kappa shape index (κ2) is 11.3. The largest absolute Gasteiger partial charge is 0.487 e. The first-order valence-electron chi connectivity index (χ1n) is 14.2. The third kappa shape index (κ3) is 6.31. The molecule has 2 aromatic carbocycles. The van der Waals surface area contributed by atoms with E-state index in [0.717, 1.165) is 52.8 Å². The number of hydrogen-bond donors (Lipinski definition) is 0. The van der Waals surface area contributed by atoms with Crippen molar-refractivity contribution >= 4 is 16.1 Å². The molecule has 5 rings (SSSR count). The van der Waals surface area contributed by atoms with Crippen molar-refractivity contribution in [3.05, 3.63) is 52.1 Å². The van der Waals surface area contributed by atoms with Gasteiger partial charge in [-0.1, -0.05) is 17.7 Å². The Morgan fingerprint density at radius 2 is 1.80 bits per heavy atom. The molecule has 2 aromatic rings. The quantitative estimate of drug-likeness (QED) is 0.296. The lowest BCUT2D eigenvalue weighted by molar-refractivity contribution is -0.209. The Bertz CT molecular complexity index is 1360. The Morgan fingerprint density at radius 1 is 1.05 bits per heavy atom. The van der Waals surface area contributed by atoms with Crippen molar-refractivity contribution in [1.29, 1.82) is 0 Å². The van der Waals surface area contributed by atoms with Crippen molar-refractivity contribution in [2.45, 2.75) is 115 Å². The molecule has 0 saturated carbocycles. The molecule has 0 amide bonds. The first-order valence-corrected chi connectivity index (χ1v) is 15.6. The van der Waals surface area contributed by atoms with E-state index in [0.29, 0.717) is 38.0 Å². The standard InChI is InChI=1S/C31H40O8S/c1-19-9-12-24(13-10-19)40(33,34)39-29-20(2)25(30-26(21(29)3)18-31(4,5)38-30)14-11-22-16-23(17-27(32)36-22)37-28-8-6-7-15-35-28/h9-10,12-13,22-23,28H,6-8,11,14-18H2,1-5H3/t22-,23-,28?/m1/s1. The van der Waals surface area contributed by atoms with Gasteiger partial charge in [-0.15, -0.1) is 0 Å². The number of cyclic esters (lactones) is 1. The summed E-state index contributed by atoms with van der Waals surface area (Å²) in [7, 11) is -4.04. The van der Waals surface area contributed by atoms with Crippen molar-refractivity contribution in [2.75, 3.05) is 6.61 Å². The lowest BCUT2D eigenvalue weighted by atomic mass is 9.90. The Morgan fingerprint density at radius 3 is 2.50 bits per heavy atom. The lowest BCUT2D eigenvalue weighted by Crippen LogP contribution is -2.38. The summed E-state index contributed by atoms with van der Waals surface area (Å²) >= 11 is 0. The summed E-state index contributed by atoms with van der Waals surface area (Å²) in [5.41, 5.74) is 3.86. The molecule has 0 spiro atoms. The first kappa shape index (κ1) is 28.9. The highest BCUT2D eigenvalue weighted by atomic mass is 32.2. The molecule has 0 aliphatic carbocycles. The van der Waals surface area contributed by atoms with Crippen LogP contribution in [0.1, 0.15) is 80.2 Å². The molecule has 218 valence electrons. The van der Waals surface area contributed by atoms with Crippen LogP contribution < -0.4 is 8.92 Å². The van der Waals surface area contributed by atoms with Gasteiger partial charge in [0.1, 0.15) is 28.1 Å². The molecule has 2 fully saturated rings. The normalized spacial score (nSPS) is 24.2.